The van der Waals surface area contributed by atoms with Crippen LogP contribution in [-0.2, 0) is 0 Å². The molecule has 3 heteroatoms. The quantitative estimate of drug-likeness (QED) is 0.798. The summed E-state index contributed by atoms with van der Waals surface area (Å²) in [5, 5.41) is 12.8. The first kappa shape index (κ1) is 13.6. The number of aromatic nitrogens is 1. The van der Waals surface area contributed by atoms with E-state index in [4.69, 9.17) is 0 Å². The standard InChI is InChI=1S/C18H18N2O/c1-20(2)15-7-3-6-14(11-15)18(21)16-8-4-5-13-9-10-19-12-17(13)16/h3-12,18,21H,1-2H3. The van der Waals surface area contributed by atoms with Crippen LogP contribution in [0.15, 0.2) is 60.9 Å². The van der Waals surface area contributed by atoms with E-state index in [-0.39, 0.29) is 0 Å². The van der Waals surface area contributed by atoms with Gasteiger partial charge >= 0.3 is 0 Å². The smallest absolute Gasteiger partial charge is 0.105 e. The van der Waals surface area contributed by atoms with E-state index in [0.29, 0.717) is 0 Å². The summed E-state index contributed by atoms with van der Waals surface area (Å²) >= 11 is 0. The van der Waals surface area contributed by atoms with Gasteiger partial charge in [-0.1, -0.05) is 30.3 Å². The summed E-state index contributed by atoms with van der Waals surface area (Å²) in [4.78, 5) is 6.20. The maximum absolute atomic E-state index is 10.7. The number of hydrogen-bond donors (Lipinski definition) is 1. The molecule has 0 aliphatic rings. The third-order valence-electron chi connectivity index (χ3n) is 3.71. The van der Waals surface area contributed by atoms with Crippen LogP contribution in [0.1, 0.15) is 17.2 Å². The first-order valence-corrected chi connectivity index (χ1v) is 6.95. The van der Waals surface area contributed by atoms with E-state index in [1.807, 2.05) is 73.7 Å². The van der Waals surface area contributed by atoms with Crippen LogP contribution in [0.25, 0.3) is 10.8 Å². The van der Waals surface area contributed by atoms with E-state index in [9.17, 15) is 5.11 Å². The molecule has 0 aliphatic heterocycles. The van der Waals surface area contributed by atoms with Gasteiger partial charge in [0.1, 0.15) is 6.10 Å². The van der Waals surface area contributed by atoms with Gasteiger partial charge in [0, 0.05) is 37.6 Å². The molecule has 1 unspecified atom stereocenters. The highest BCUT2D eigenvalue weighted by Gasteiger charge is 2.14. The molecule has 106 valence electrons. The number of pyridine rings is 1. The number of aliphatic hydroxyl groups is 1. The average Bonchev–Trinajstić information content (AvgIpc) is 2.53. The maximum Gasteiger partial charge on any atom is 0.105 e. The molecular weight excluding hydrogens is 260 g/mol. The number of nitrogens with zero attached hydrogens (tertiary/aromatic N) is 2. The molecule has 3 nitrogen and oxygen atoms in total. The highest BCUT2D eigenvalue weighted by molar-refractivity contribution is 5.85. The molecule has 0 fully saturated rings. The lowest BCUT2D eigenvalue weighted by Crippen LogP contribution is -2.09. The van der Waals surface area contributed by atoms with Crippen LogP contribution >= 0.6 is 0 Å². The van der Waals surface area contributed by atoms with Gasteiger partial charge in [0.2, 0.25) is 0 Å². The van der Waals surface area contributed by atoms with Crippen molar-refractivity contribution in [2.24, 2.45) is 0 Å². The predicted octanol–water partition coefficient (Wildman–Crippen LogP) is 3.38. The first-order chi connectivity index (χ1) is 10.2. The fourth-order valence-corrected chi connectivity index (χ4v) is 2.53. The van der Waals surface area contributed by atoms with Crippen molar-refractivity contribution in [1.82, 2.24) is 4.98 Å². The van der Waals surface area contributed by atoms with Crippen molar-refractivity contribution in [2.75, 3.05) is 19.0 Å². The van der Waals surface area contributed by atoms with Crippen molar-refractivity contribution in [3.8, 4) is 0 Å². The Labute approximate surface area is 124 Å². The van der Waals surface area contributed by atoms with Crippen molar-refractivity contribution in [3.63, 3.8) is 0 Å². The number of fused-ring (bicyclic) bond motifs is 1. The number of benzene rings is 2. The molecule has 1 heterocycles. The summed E-state index contributed by atoms with van der Waals surface area (Å²) in [6.07, 6.45) is 2.92. The molecule has 21 heavy (non-hydrogen) atoms. The Morgan fingerprint density at radius 1 is 1.05 bits per heavy atom. The molecule has 0 saturated carbocycles. The fraction of sp³-hybridized carbons (Fsp3) is 0.167. The molecule has 3 rings (SSSR count). The number of hydrogen-bond acceptors (Lipinski definition) is 3. The van der Waals surface area contributed by atoms with E-state index >= 15 is 0 Å². The van der Waals surface area contributed by atoms with Gasteiger partial charge in [0.25, 0.3) is 0 Å². The van der Waals surface area contributed by atoms with E-state index in [0.717, 1.165) is 27.6 Å². The zero-order chi connectivity index (χ0) is 14.8. The second-order valence-corrected chi connectivity index (χ2v) is 5.34. The largest absolute Gasteiger partial charge is 0.384 e. The van der Waals surface area contributed by atoms with Crippen LogP contribution < -0.4 is 4.90 Å². The predicted molar refractivity (Wildman–Crippen MR) is 86.6 cm³/mol. The van der Waals surface area contributed by atoms with Gasteiger partial charge in [0.15, 0.2) is 0 Å². The van der Waals surface area contributed by atoms with Gasteiger partial charge in [-0.25, -0.2) is 0 Å². The Morgan fingerprint density at radius 3 is 2.67 bits per heavy atom. The molecule has 0 spiro atoms. The van der Waals surface area contributed by atoms with E-state index in [1.54, 1.807) is 6.20 Å². The number of aliphatic hydroxyl groups excluding tert-OH is 1. The monoisotopic (exact) mass is 278 g/mol. The fourth-order valence-electron chi connectivity index (χ4n) is 2.53. The lowest BCUT2D eigenvalue weighted by Gasteiger charge is -2.17. The SMILES string of the molecule is CN(C)c1cccc(C(O)c2cccc3ccncc23)c1. The summed E-state index contributed by atoms with van der Waals surface area (Å²) in [6, 6.07) is 15.9. The molecule has 1 N–H and O–H groups in total. The van der Waals surface area contributed by atoms with Crippen LogP contribution in [0.4, 0.5) is 5.69 Å². The van der Waals surface area contributed by atoms with Crippen LogP contribution in [-0.4, -0.2) is 24.2 Å². The second kappa shape index (κ2) is 5.54. The topological polar surface area (TPSA) is 36.4 Å². The number of rotatable bonds is 3. The lowest BCUT2D eigenvalue weighted by molar-refractivity contribution is 0.222. The summed E-state index contributed by atoms with van der Waals surface area (Å²) in [6.45, 7) is 0. The minimum absolute atomic E-state index is 0.655. The summed E-state index contributed by atoms with van der Waals surface area (Å²) in [5.74, 6) is 0. The van der Waals surface area contributed by atoms with Gasteiger partial charge in [-0.2, -0.15) is 0 Å². The van der Waals surface area contributed by atoms with Crippen LogP contribution in [0.5, 0.6) is 0 Å². The third kappa shape index (κ3) is 2.60. The molecule has 0 amide bonds. The molecule has 0 saturated heterocycles. The first-order valence-electron chi connectivity index (χ1n) is 6.95. The van der Waals surface area contributed by atoms with E-state index < -0.39 is 6.10 Å². The van der Waals surface area contributed by atoms with E-state index in [2.05, 4.69) is 4.98 Å². The number of anilines is 1. The van der Waals surface area contributed by atoms with Crippen molar-refractivity contribution in [2.45, 2.75) is 6.10 Å². The van der Waals surface area contributed by atoms with Crippen molar-refractivity contribution in [1.29, 1.82) is 0 Å². The van der Waals surface area contributed by atoms with Crippen LogP contribution in [0.2, 0.25) is 0 Å². The molecular formula is C18H18N2O. The second-order valence-electron chi connectivity index (χ2n) is 5.34. The van der Waals surface area contributed by atoms with Crippen LogP contribution in [0, 0.1) is 0 Å². The Balaban J connectivity index is 2.08. The highest BCUT2D eigenvalue weighted by Crippen LogP contribution is 2.29. The molecule has 2 aromatic carbocycles. The Morgan fingerprint density at radius 2 is 1.86 bits per heavy atom. The zero-order valence-corrected chi connectivity index (χ0v) is 12.2. The minimum Gasteiger partial charge on any atom is -0.384 e. The molecule has 0 aliphatic carbocycles. The third-order valence-corrected chi connectivity index (χ3v) is 3.71. The van der Waals surface area contributed by atoms with Crippen LogP contribution in [0.3, 0.4) is 0 Å². The molecule has 0 radical (unpaired) electrons. The molecule has 1 atom stereocenters. The van der Waals surface area contributed by atoms with Crippen molar-refractivity contribution < 1.29 is 5.11 Å². The van der Waals surface area contributed by atoms with Gasteiger partial charge in [0.05, 0.1) is 0 Å². The minimum atomic E-state index is -0.655. The Bertz CT molecular complexity index is 763. The van der Waals surface area contributed by atoms with Crippen molar-refractivity contribution in [3.05, 3.63) is 72.1 Å². The average molecular weight is 278 g/mol. The Hall–Kier alpha value is -2.39. The van der Waals surface area contributed by atoms with Gasteiger partial charge in [-0.3, -0.25) is 4.98 Å². The molecule has 0 bridgehead atoms. The molecule has 1 aromatic heterocycles. The summed E-state index contributed by atoms with van der Waals surface area (Å²) < 4.78 is 0. The zero-order valence-electron chi connectivity index (χ0n) is 12.2. The van der Waals surface area contributed by atoms with Gasteiger partial charge < -0.3 is 10.0 Å². The molecule has 3 aromatic rings. The summed E-state index contributed by atoms with van der Waals surface area (Å²) in [7, 11) is 3.99. The summed E-state index contributed by atoms with van der Waals surface area (Å²) in [5.41, 5.74) is 2.85. The van der Waals surface area contributed by atoms with Gasteiger partial charge in [-0.15, -0.1) is 0 Å². The van der Waals surface area contributed by atoms with E-state index in [1.165, 1.54) is 0 Å². The van der Waals surface area contributed by atoms with Gasteiger partial charge in [-0.05, 0) is 34.7 Å². The lowest BCUT2D eigenvalue weighted by atomic mass is 9.96. The normalized spacial score (nSPS) is 12.3. The Kier molecular flexibility index (Phi) is 3.59. The van der Waals surface area contributed by atoms with Crippen molar-refractivity contribution >= 4 is 16.5 Å². The highest BCUT2D eigenvalue weighted by atomic mass is 16.3. The maximum atomic E-state index is 10.7.